The van der Waals surface area contributed by atoms with Gasteiger partial charge in [-0.15, -0.1) is 0 Å². The quantitative estimate of drug-likeness (QED) is 0.0249. The fourth-order valence-electron chi connectivity index (χ4n) is 11.2. The number of hydrogen-bond donors (Lipinski definition) is 0. The molecule has 0 saturated heterocycles. The fraction of sp³-hybridized carbons (Fsp3) is 0.583. The molecule has 0 saturated carbocycles. The number of halogens is 1. The minimum atomic E-state index is 0.714. The van der Waals surface area contributed by atoms with Crippen LogP contribution >= 0.6 is 11.6 Å². The maximum absolute atomic E-state index is 7.57. The van der Waals surface area contributed by atoms with Crippen LogP contribution in [0.4, 0.5) is 34.1 Å². The number of unbranched alkanes of at least 4 members (excludes halogenated alkanes) is 28. The Bertz CT molecular complexity index is 2200. The Morgan fingerprint density at radius 2 is 0.688 bits per heavy atom. The zero-order chi connectivity index (χ0) is 54.6. The van der Waals surface area contributed by atoms with Crippen LogP contribution in [-0.4, -0.2) is 42.2 Å². The maximum Gasteiger partial charge on any atom is 0.213 e. The number of rotatable bonds is 42. The molecular weight excluding hydrogens is 956 g/mol. The van der Waals surface area contributed by atoms with Crippen LogP contribution in [0.3, 0.4) is 0 Å². The second-order valence-electron chi connectivity index (χ2n) is 22.9. The molecule has 4 nitrogen and oxygen atoms in total. The summed E-state index contributed by atoms with van der Waals surface area (Å²) >= 11 is 7.57. The van der Waals surface area contributed by atoms with Crippen LogP contribution in [0.25, 0.3) is 0 Å². The maximum atomic E-state index is 7.57. The molecule has 4 aromatic rings. The van der Waals surface area contributed by atoms with E-state index < -0.39 is 0 Å². The molecule has 0 aliphatic heterocycles. The van der Waals surface area contributed by atoms with Crippen molar-refractivity contribution < 1.29 is 4.58 Å². The molecule has 5 heteroatoms. The summed E-state index contributed by atoms with van der Waals surface area (Å²) in [5, 5.41) is 0.714. The molecule has 4 aromatic carbocycles. The lowest BCUT2D eigenvalue weighted by Crippen LogP contribution is -2.26. The normalized spacial score (nSPS) is 12.2. The second-order valence-corrected chi connectivity index (χ2v) is 23.3. The van der Waals surface area contributed by atoms with E-state index in [0.717, 1.165) is 60.3 Å². The van der Waals surface area contributed by atoms with Crippen molar-refractivity contribution in [1.29, 1.82) is 0 Å². The Hall–Kier alpha value is -4.41. The van der Waals surface area contributed by atoms with Crippen molar-refractivity contribution in [2.24, 2.45) is 0 Å². The van der Waals surface area contributed by atoms with Crippen molar-refractivity contribution in [3.05, 3.63) is 131 Å². The van der Waals surface area contributed by atoms with E-state index >= 15 is 0 Å². The molecule has 0 unspecified atom stereocenters. The molecule has 0 spiro atoms. The zero-order valence-electron chi connectivity index (χ0n) is 50.1. The van der Waals surface area contributed by atoms with Gasteiger partial charge in [-0.3, -0.25) is 0 Å². The van der Waals surface area contributed by atoms with Crippen molar-refractivity contribution in [2.45, 2.75) is 247 Å². The number of aryl methyl sites for hydroxylation is 2. The van der Waals surface area contributed by atoms with Crippen molar-refractivity contribution in [1.82, 2.24) is 4.58 Å². The Morgan fingerprint density at radius 1 is 0.351 bits per heavy atom. The van der Waals surface area contributed by atoms with E-state index in [1.807, 2.05) is 0 Å². The predicted octanol–water partition coefficient (Wildman–Crippen LogP) is 22.7. The molecule has 0 N–H and O–H groups in total. The van der Waals surface area contributed by atoms with E-state index in [-0.39, 0.29) is 0 Å². The lowest BCUT2D eigenvalue weighted by atomic mass is 10.1. The number of hydrogen-bond acceptors (Lipinski definition) is 2. The first-order valence-corrected chi connectivity index (χ1v) is 32.5. The molecule has 1 aliphatic carbocycles. The Balaban J connectivity index is 1.48. The summed E-state index contributed by atoms with van der Waals surface area (Å²) in [5.41, 5.74) is 11.6. The van der Waals surface area contributed by atoms with Crippen molar-refractivity contribution in [3.63, 3.8) is 0 Å². The molecular formula is C72H109ClN4+2. The third-order valence-electron chi connectivity index (χ3n) is 16.1. The Kier molecular flexibility index (Phi) is 32.2. The van der Waals surface area contributed by atoms with Crippen LogP contribution in [-0.2, 0) is 0 Å². The van der Waals surface area contributed by atoms with Gasteiger partial charge in [0.15, 0.2) is 5.71 Å². The van der Waals surface area contributed by atoms with Gasteiger partial charge in [0.25, 0.3) is 0 Å². The van der Waals surface area contributed by atoms with Gasteiger partial charge >= 0.3 is 0 Å². The van der Waals surface area contributed by atoms with E-state index in [2.05, 4.69) is 176 Å². The van der Waals surface area contributed by atoms with E-state index in [0.29, 0.717) is 5.02 Å². The highest BCUT2D eigenvalue weighted by Gasteiger charge is 2.25. The first-order chi connectivity index (χ1) is 37.9. The fourth-order valence-corrected chi connectivity index (χ4v) is 11.4. The third kappa shape index (κ3) is 23.8. The minimum Gasteiger partial charge on any atom is -0.372 e. The third-order valence-corrected chi connectivity index (χ3v) is 16.4. The summed E-state index contributed by atoms with van der Waals surface area (Å²) in [6.07, 6.45) is 52.6. The number of allylic oxidation sites excluding steroid dienone is 4. The average molecular weight is 1070 g/mol. The molecule has 0 fully saturated rings. The largest absolute Gasteiger partial charge is 0.372 e. The standard InChI is InChI=1S/C72H109ClN4/c1-7-11-15-19-23-27-31-35-57-74(58-36-32-28-24-20-16-12-8-2)64-47-51-66(52-48-64)76(70-55-56-72(71(73)61-70)77(68-43-39-62(5)40-44-68)69-45-41-63(6)42-46-69)67-53-49-65(50-54-67)75(59-37-33-29-25-21-17-13-9-3)60-38-34-30-26-22-18-14-10-4/h39-56,61H,7-38,57-60H2,1-6H3/q+2. The van der Waals surface area contributed by atoms with Crippen molar-refractivity contribution in [2.75, 3.05) is 36.0 Å². The van der Waals surface area contributed by atoms with Gasteiger partial charge in [-0.05, 0) is 82.0 Å². The number of benzene rings is 4. The van der Waals surface area contributed by atoms with E-state index in [9.17, 15) is 0 Å². The van der Waals surface area contributed by atoms with Crippen LogP contribution in [0.2, 0.25) is 5.02 Å². The first kappa shape index (κ1) is 63.4. The lowest BCUT2D eigenvalue weighted by molar-refractivity contribution is -0.527. The number of anilines is 4. The Labute approximate surface area is 478 Å². The van der Waals surface area contributed by atoms with Crippen LogP contribution in [0, 0.1) is 13.8 Å². The summed E-state index contributed by atoms with van der Waals surface area (Å²) < 4.78 is 5.12. The van der Waals surface area contributed by atoms with Gasteiger partial charge in [-0.1, -0.05) is 242 Å². The lowest BCUT2D eigenvalue weighted by Gasteiger charge is -2.26. The summed E-state index contributed by atoms with van der Waals surface area (Å²) in [4.78, 5) is 4.99. The van der Waals surface area contributed by atoms with E-state index in [1.54, 1.807) is 0 Å². The van der Waals surface area contributed by atoms with Gasteiger partial charge in [0, 0.05) is 91.6 Å². The molecule has 0 bridgehead atoms. The van der Waals surface area contributed by atoms with Crippen LogP contribution in [0.5, 0.6) is 0 Å². The minimum absolute atomic E-state index is 0.714. The first-order valence-electron chi connectivity index (χ1n) is 32.1. The van der Waals surface area contributed by atoms with Gasteiger partial charge < -0.3 is 9.80 Å². The SMILES string of the molecule is CCCCCCCCCCN(CCCCCCCCCC)c1ccc([N+](=C2C=CC(=[N+](CCCCCCCCCC)CCCCCCCCCC)C=C2)c2ccc(N(c3ccc(C)cc3)c3ccc(C)cc3)c(Cl)c2)cc1. The summed E-state index contributed by atoms with van der Waals surface area (Å²) in [6.45, 7) is 18.0. The van der Waals surface area contributed by atoms with Gasteiger partial charge in [0.1, 0.15) is 13.1 Å². The highest BCUT2D eigenvalue weighted by atomic mass is 35.5. The van der Waals surface area contributed by atoms with Crippen molar-refractivity contribution in [3.8, 4) is 0 Å². The molecule has 0 aromatic heterocycles. The molecule has 77 heavy (non-hydrogen) atoms. The molecule has 0 amide bonds. The summed E-state index contributed by atoms with van der Waals surface area (Å²) in [6, 6.07) is 33.7. The van der Waals surface area contributed by atoms with E-state index in [4.69, 9.17) is 11.6 Å². The molecule has 1 aliphatic rings. The van der Waals surface area contributed by atoms with Crippen LogP contribution in [0.15, 0.2) is 115 Å². The van der Waals surface area contributed by atoms with Crippen LogP contribution < -0.4 is 14.4 Å². The van der Waals surface area contributed by atoms with Gasteiger partial charge in [0.2, 0.25) is 17.1 Å². The highest BCUT2D eigenvalue weighted by Crippen LogP contribution is 2.41. The van der Waals surface area contributed by atoms with Crippen LogP contribution in [0.1, 0.15) is 244 Å². The topological polar surface area (TPSA) is 12.5 Å². The summed E-state index contributed by atoms with van der Waals surface area (Å²) in [7, 11) is 0. The smallest absolute Gasteiger partial charge is 0.213 e. The van der Waals surface area contributed by atoms with Crippen molar-refractivity contribution >= 4 is 57.1 Å². The zero-order valence-corrected chi connectivity index (χ0v) is 50.8. The molecule has 0 radical (unpaired) electrons. The predicted molar refractivity (Wildman–Crippen MR) is 344 cm³/mol. The van der Waals surface area contributed by atoms with Gasteiger partial charge in [-0.2, -0.15) is 4.58 Å². The molecule has 0 heterocycles. The van der Waals surface area contributed by atoms with Gasteiger partial charge in [0.05, 0.1) is 10.7 Å². The number of nitrogens with zero attached hydrogens (tertiary/aromatic N) is 4. The monoisotopic (exact) mass is 1060 g/mol. The molecule has 0 atom stereocenters. The highest BCUT2D eigenvalue weighted by molar-refractivity contribution is 6.34. The molecule has 5 rings (SSSR count). The van der Waals surface area contributed by atoms with Gasteiger partial charge in [-0.25, -0.2) is 4.58 Å². The Morgan fingerprint density at radius 3 is 1.08 bits per heavy atom. The second kappa shape index (κ2) is 39.0. The average Bonchev–Trinajstić information content (AvgIpc) is 3.46. The summed E-state index contributed by atoms with van der Waals surface area (Å²) in [5.74, 6) is 0. The van der Waals surface area contributed by atoms with E-state index in [1.165, 1.54) is 228 Å². The molecule has 422 valence electrons.